The molecule has 0 spiro atoms. The fourth-order valence-electron chi connectivity index (χ4n) is 2.41. The van der Waals surface area contributed by atoms with Gasteiger partial charge in [-0.05, 0) is 60.9 Å². The van der Waals surface area contributed by atoms with Crippen molar-refractivity contribution in [3.05, 3.63) is 53.6 Å². The molecule has 2 aromatic rings. The van der Waals surface area contributed by atoms with Crippen LogP contribution < -0.4 is 14.3 Å². The van der Waals surface area contributed by atoms with Gasteiger partial charge in [0.15, 0.2) is 0 Å². The summed E-state index contributed by atoms with van der Waals surface area (Å²) in [4.78, 5) is 2.27. The molecule has 6 nitrogen and oxygen atoms in total. The Morgan fingerprint density at radius 2 is 1.85 bits per heavy atom. The van der Waals surface area contributed by atoms with Crippen LogP contribution in [0.15, 0.2) is 52.5 Å². The van der Waals surface area contributed by atoms with Crippen molar-refractivity contribution in [1.29, 1.82) is 0 Å². The monoisotopic (exact) mass is 390 g/mol. The van der Waals surface area contributed by atoms with E-state index in [0.29, 0.717) is 6.61 Å². The van der Waals surface area contributed by atoms with E-state index in [4.69, 9.17) is 9.47 Å². The molecule has 0 aromatic heterocycles. The van der Waals surface area contributed by atoms with Crippen LogP contribution >= 0.6 is 0 Å². The van der Waals surface area contributed by atoms with Crippen molar-refractivity contribution in [3.8, 4) is 11.5 Å². The average molecular weight is 391 g/mol. The number of hydrogen-bond donors (Lipinski definition) is 1. The lowest BCUT2D eigenvalue weighted by molar-refractivity contribution is 0.306. The minimum Gasteiger partial charge on any atom is -0.495 e. The van der Waals surface area contributed by atoms with Gasteiger partial charge in [-0.2, -0.15) is 18.4 Å². The van der Waals surface area contributed by atoms with Crippen LogP contribution in [0.3, 0.4) is 0 Å². The van der Waals surface area contributed by atoms with Crippen molar-refractivity contribution in [2.45, 2.75) is 38.0 Å². The maximum absolute atomic E-state index is 12.5. The minimum atomic E-state index is -3.82. The highest BCUT2D eigenvalue weighted by atomic mass is 32.2. The molecule has 0 bridgehead atoms. The first-order valence-corrected chi connectivity index (χ1v) is 10.4. The second kappa shape index (κ2) is 9.97. The number of ether oxygens (including phenoxy) is 2. The number of hydrogen-bond acceptors (Lipinski definition) is 5. The van der Waals surface area contributed by atoms with Gasteiger partial charge in [-0.15, -0.1) is 0 Å². The summed E-state index contributed by atoms with van der Waals surface area (Å²) in [6, 6.07) is 12.3. The SMILES string of the molecule is CCCCCOc1ccc(/C=N/NS(=O)(=O)c2cc(C)ccc2OC)cc1. The minimum absolute atomic E-state index is 0.0537. The molecule has 0 aliphatic heterocycles. The van der Waals surface area contributed by atoms with Crippen molar-refractivity contribution >= 4 is 16.2 Å². The summed E-state index contributed by atoms with van der Waals surface area (Å²) in [5, 5.41) is 3.85. The molecule has 146 valence electrons. The Labute approximate surface area is 161 Å². The summed E-state index contributed by atoms with van der Waals surface area (Å²) >= 11 is 0. The standard InChI is InChI=1S/C20H26N2O4S/c1-4-5-6-13-26-18-10-8-17(9-11-18)15-21-22-27(23,24)20-14-16(2)7-12-19(20)25-3/h7-12,14-15,22H,4-6,13H2,1-3H3/b21-15+. The Bertz CT molecular complexity index is 862. The van der Waals surface area contributed by atoms with Gasteiger partial charge in [-0.3, -0.25) is 0 Å². The molecule has 0 saturated heterocycles. The first-order chi connectivity index (χ1) is 13.0. The molecule has 0 heterocycles. The zero-order chi connectivity index (χ0) is 19.7. The summed E-state index contributed by atoms with van der Waals surface area (Å²) in [5.74, 6) is 1.06. The maximum atomic E-state index is 12.5. The summed E-state index contributed by atoms with van der Waals surface area (Å²) in [5.41, 5.74) is 1.57. The number of hydrazone groups is 1. The van der Waals surface area contributed by atoms with Crippen molar-refractivity contribution in [3.63, 3.8) is 0 Å². The van der Waals surface area contributed by atoms with E-state index in [0.717, 1.165) is 36.1 Å². The number of benzene rings is 2. The highest BCUT2D eigenvalue weighted by Gasteiger charge is 2.18. The summed E-state index contributed by atoms with van der Waals surface area (Å²) in [6.07, 6.45) is 4.78. The Hall–Kier alpha value is -2.54. The van der Waals surface area contributed by atoms with E-state index >= 15 is 0 Å². The topological polar surface area (TPSA) is 77.0 Å². The molecule has 0 aliphatic carbocycles. The van der Waals surface area contributed by atoms with Gasteiger partial charge >= 0.3 is 0 Å². The van der Waals surface area contributed by atoms with Gasteiger partial charge in [0.1, 0.15) is 16.4 Å². The molecule has 7 heteroatoms. The Morgan fingerprint density at radius 1 is 1.11 bits per heavy atom. The van der Waals surface area contributed by atoms with Gasteiger partial charge in [0.2, 0.25) is 0 Å². The van der Waals surface area contributed by atoms with Gasteiger partial charge in [-0.25, -0.2) is 0 Å². The molecule has 0 saturated carbocycles. The lowest BCUT2D eigenvalue weighted by Crippen LogP contribution is -2.19. The Kier molecular flexibility index (Phi) is 7.67. The lowest BCUT2D eigenvalue weighted by Gasteiger charge is -2.09. The number of aryl methyl sites for hydroxylation is 1. The van der Waals surface area contributed by atoms with Gasteiger partial charge in [0.05, 0.1) is 19.9 Å². The largest absolute Gasteiger partial charge is 0.495 e. The number of sulfonamides is 1. The average Bonchev–Trinajstić information content (AvgIpc) is 2.66. The molecule has 0 radical (unpaired) electrons. The molecule has 1 N–H and O–H groups in total. The molecule has 2 rings (SSSR count). The van der Waals surface area contributed by atoms with E-state index in [-0.39, 0.29) is 10.6 Å². The van der Waals surface area contributed by atoms with E-state index < -0.39 is 10.0 Å². The van der Waals surface area contributed by atoms with Crippen LogP contribution in [0.2, 0.25) is 0 Å². The summed E-state index contributed by atoms with van der Waals surface area (Å²) < 4.78 is 35.7. The van der Waals surface area contributed by atoms with Gasteiger partial charge in [0.25, 0.3) is 10.0 Å². The number of unbranched alkanes of at least 4 members (excludes halogenated alkanes) is 2. The van der Waals surface area contributed by atoms with Crippen molar-refractivity contribution in [2.75, 3.05) is 13.7 Å². The maximum Gasteiger partial charge on any atom is 0.280 e. The number of nitrogens with zero attached hydrogens (tertiary/aromatic N) is 1. The third-order valence-corrected chi connectivity index (χ3v) is 5.14. The van der Waals surface area contributed by atoms with E-state index in [9.17, 15) is 8.42 Å². The molecule has 0 fully saturated rings. The number of rotatable bonds is 10. The molecule has 0 unspecified atom stereocenters. The van der Waals surface area contributed by atoms with E-state index in [1.54, 1.807) is 18.2 Å². The predicted molar refractivity (Wildman–Crippen MR) is 107 cm³/mol. The molecule has 0 amide bonds. The van der Waals surface area contributed by atoms with Gasteiger partial charge < -0.3 is 9.47 Å². The van der Waals surface area contributed by atoms with Crippen molar-refractivity contribution < 1.29 is 17.9 Å². The number of methoxy groups -OCH3 is 1. The van der Waals surface area contributed by atoms with E-state index in [2.05, 4.69) is 16.9 Å². The van der Waals surface area contributed by atoms with Crippen LogP contribution in [0.5, 0.6) is 11.5 Å². The van der Waals surface area contributed by atoms with Crippen LogP contribution in [-0.2, 0) is 10.0 Å². The molecule has 2 aromatic carbocycles. The smallest absolute Gasteiger partial charge is 0.280 e. The van der Waals surface area contributed by atoms with Crippen LogP contribution in [0.4, 0.5) is 0 Å². The third-order valence-electron chi connectivity index (χ3n) is 3.89. The van der Waals surface area contributed by atoms with Gasteiger partial charge in [-0.1, -0.05) is 25.8 Å². The van der Waals surface area contributed by atoms with Crippen molar-refractivity contribution in [1.82, 2.24) is 4.83 Å². The Balaban J connectivity index is 1.99. The van der Waals surface area contributed by atoms with Crippen LogP contribution in [0, 0.1) is 6.92 Å². The van der Waals surface area contributed by atoms with E-state index in [1.807, 2.05) is 31.2 Å². The molecule has 0 atom stereocenters. The van der Waals surface area contributed by atoms with Crippen LogP contribution in [0.1, 0.15) is 37.3 Å². The zero-order valence-corrected chi connectivity index (χ0v) is 16.8. The molecule has 0 aliphatic rings. The summed E-state index contributed by atoms with van der Waals surface area (Å²) in [7, 11) is -2.39. The first kappa shape index (κ1) is 20.8. The van der Waals surface area contributed by atoms with E-state index in [1.165, 1.54) is 13.3 Å². The second-order valence-electron chi connectivity index (χ2n) is 6.13. The van der Waals surface area contributed by atoms with Crippen LogP contribution in [-0.4, -0.2) is 28.3 Å². The summed E-state index contributed by atoms with van der Waals surface area (Å²) in [6.45, 7) is 4.66. The molecular formula is C20H26N2O4S. The Morgan fingerprint density at radius 3 is 2.52 bits per heavy atom. The second-order valence-corrected chi connectivity index (χ2v) is 7.76. The molecular weight excluding hydrogens is 364 g/mol. The third kappa shape index (κ3) is 6.29. The number of nitrogens with one attached hydrogen (secondary N) is 1. The fraction of sp³-hybridized carbons (Fsp3) is 0.350. The first-order valence-electron chi connectivity index (χ1n) is 8.88. The quantitative estimate of drug-likeness (QED) is 0.379. The van der Waals surface area contributed by atoms with Crippen LogP contribution in [0.25, 0.3) is 0 Å². The highest BCUT2D eigenvalue weighted by molar-refractivity contribution is 7.89. The highest BCUT2D eigenvalue weighted by Crippen LogP contribution is 2.24. The van der Waals surface area contributed by atoms with Crippen molar-refractivity contribution in [2.24, 2.45) is 5.10 Å². The van der Waals surface area contributed by atoms with Gasteiger partial charge in [0, 0.05) is 0 Å². The predicted octanol–water partition coefficient (Wildman–Crippen LogP) is 3.89. The molecule has 27 heavy (non-hydrogen) atoms. The normalized spacial score (nSPS) is 11.5. The fourth-order valence-corrected chi connectivity index (χ4v) is 3.45. The zero-order valence-electron chi connectivity index (χ0n) is 15.9. The lowest BCUT2D eigenvalue weighted by atomic mass is 10.2.